The molecule has 1 N–H and O–H groups in total. The number of hydrogen-bond donors (Lipinski definition) is 1. The first-order chi connectivity index (χ1) is 15.6. The van der Waals surface area contributed by atoms with E-state index in [4.69, 9.17) is 13.9 Å². The predicted molar refractivity (Wildman–Crippen MR) is 125 cm³/mol. The SMILES string of the molecule is Cc1ccc(C2/C(=C(/O)c3ccc(OCC(C)C)c(C)c3)C(=O)C(=O)N2CCOC(C)C)o1. The Labute approximate surface area is 195 Å². The number of benzene rings is 1. The summed E-state index contributed by atoms with van der Waals surface area (Å²) in [5, 5.41) is 11.2. The molecule has 7 nitrogen and oxygen atoms in total. The minimum atomic E-state index is -0.827. The Bertz CT molecular complexity index is 1050. The molecule has 1 aliphatic rings. The van der Waals surface area contributed by atoms with E-state index in [1.54, 1.807) is 37.3 Å². The average Bonchev–Trinajstić information content (AvgIpc) is 3.28. The van der Waals surface area contributed by atoms with Gasteiger partial charge >= 0.3 is 0 Å². The van der Waals surface area contributed by atoms with E-state index in [-0.39, 0.29) is 30.6 Å². The minimum absolute atomic E-state index is 0.00847. The Morgan fingerprint density at radius 2 is 1.85 bits per heavy atom. The first-order valence-electron chi connectivity index (χ1n) is 11.3. The number of Topliss-reactive ketones (excluding diaryl/α,β-unsaturated/α-hetero) is 1. The summed E-state index contributed by atoms with van der Waals surface area (Å²) >= 11 is 0. The molecule has 1 saturated heterocycles. The molecule has 1 fully saturated rings. The van der Waals surface area contributed by atoms with E-state index < -0.39 is 17.7 Å². The van der Waals surface area contributed by atoms with Crippen LogP contribution in [0.25, 0.3) is 5.76 Å². The van der Waals surface area contributed by atoms with Gasteiger partial charge in [-0.05, 0) is 69.5 Å². The molecular weight excluding hydrogens is 422 g/mol. The molecule has 178 valence electrons. The Kier molecular flexibility index (Phi) is 7.64. The lowest BCUT2D eigenvalue weighted by Crippen LogP contribution is -2.33. The second-order valence-corrected chi connectivity index (χ2v) is 9.05. The minimum Gasteiger partial charge on any atom is -0.507 e. The predicted octanol–water partition coefficient (Wildman–Crippen LogP) is 4.78. The summed E-state index contributed by atoms with van der Waals surface area (Å²) in [4.78, 5) is 27.3. The normalized spacial score (nSPS) is 18.1. The molecule has 0 aliphatic carbocycles. The van der Waals surface area contributed by atoms with Crippen LogP contribution in [0.1, 0.15) is 56.4 Å². The van der Waals surface area contributed by atoms with Crippen LogP contribution in [-0.2, 0) is 14.3 Å². The number of aliphatic hydroxyl groups excluding tert-OH is 1. The third-order valence-electron chi connectivity index (χ3n) is 5.37. The molecule has 2 heterocycles. The molecule has 7 heteroatoms. The third kappa shape index (κ3) is 5.47. The van der Waals surface area contributed by atoms with Crippen LogP contribution in [0.2, 0.25) is 0 Å². The standard InChI is InChI=1S/C26H33NO6/c1-15(2)14-32-20-10-8-19(13-17(20)5)24(28)22-23(21-9-7-18(6)33-21)27(26(30)25(22)29)11-12-31-16(3)4/h7-10,13,15-16,23,28H,11-12,14H2,1-6H3/b24-22-. The van der Waals surface area contributed by atoms with E-state index in [1.807, 2.05) is 20.8 Å². The average molecular weight is 456 g/mol. The number of nitrogens with zero attached hydrogens (tertiary/aromatic N) is 1. The van der Waals surface area contributed by atoms with Gasteiger partial charge in [-0.2, -0.15) is 0 Å². The fraction of sp³-hybridized carbons (Fsp3) is 0.462. The summed E-state index contributed by atoms with van der Waals surface area (Å²) in [6.07, 6.45) is -0.00877. The van der Waals surface area contributed by atoms with Crippen molar-refractivity contribution in [2.75, 3.05) is 19.8 Å². The first kappa shape index (κ1) is 24.6. The Morgan fingerprint density at radius 3 is 2.42 bits per heavy atom. The number of rotatable bonds is 9. The Balaban J connectivity index is 2.01. The van der Waals surface area contributed by atoms with Crippen molar-refractivity contribution >= 4 is 17.4 Å². The molecule has 1 aromatic heterocycles. The van der Waals surface area contributed by atoms with E-state index in [2.05, 4.69) is 13.8 Å². The van der Waals surface area contributed by atoms with Gasteiger partial charge in [0, 0.05) is 12.1 Å². The molecule has 33 heavy (non-hydrogen) atoms. The number of hydrogen-bond acceptors (Lipinski definition) is 6. The smallest absolute Gasteiger partial charge is 0.295 e. The largest absolute Gasteiger partial charge is 0.507 e. The fourth-order valence-corrected chi connectivity index (χ4v) is 3.76. The molecule has 0 bridgehead atoms. The van der Waals surface area contributed by atoms with Crippen LogP contribution < -0.4 is 4.74 Å². The van der Waals surface area contributed by atoms with Crippen molar-refractivity contribution in [1.29, 1.82) is 0 Å². The van der Waals surface area contributed by atoms with E-state index in [1.165, 1.54) is 4.90 Å². The summed E-state index contributed by atoms with van der Waals surface area (Å²) in [6.45, 7) is 12.6. The molecule has 1 atom stereocenters. The number of carbonyl (C=O) groups is 2. The summed E-state index contributed by atoms with van der Waals surface area (Å²) in [5.41, 5.74) is 1.27. The van der Waals surface area contributed by atoms with Gasteiger partial charge in [-0.25, -0.2) is 0 Å². The maximum Gasteiger partial charge on any atom is 0.295 e. The summed E-state index contributed by atoms with van der Waals surface area (Å²) < 4.78 is 17.2. The van der Waals surface area contributed by atoms with Crippen molar-refractivity contribution in [3.8, 4) is 5.75 Å². The van der Waals surface area contributed by atoms with Gasteiger partial charge in [0.15, 0.2) is 0 Å². The van der Waals surface area contributed by atoms with Crippen LogP contribution in [0, 0.1) is 19.8 Å². The number of likely N-dealkylation sites (tertiary alicyclic amines) is 1. The Hall–Kier alpha value is -3.06. The first-order valence-corrected chi connectivity index (χ1v) is 11.3. The van der Waals surface area contributed by atoms with Crippen molar-refractivity contribution in [2.24, 2.45) is 5.92 Å². The van der Waals surface area contributed by atoms with Crippen molar-refractivity contribution in [3.63, 3.8) is 0 Å². The summed E-state index contributed by atoms with van der Waals surface area (Å²) in [6, 6.07) is 7.88. The number of ketones is 1. The number of aryl methyl sites for hydroxylation is 2. The zero-order chi connectivity index (χ0) is 24.3. The van der Waals surface area contributed by atoms with Crippen LogP contribution >= 0.6 is 0 Å². The quantitative estimate of drug-likeness (QED) is 0.333. The van der Waals surface area contributed by atoms with Crippen molar-refractivity contribution < 1.29 is 28.6 Å². The highest BCUT2D eigenvalue weighted by Gasteiger charge is 2.47. The van der Waals surface area contributed by atoms with Crippen LogP contribution in [-0.4, -0.2) is 47.6 Å². The van der Waals surface area contributed by atoms with Gasteiger partial charge in [-0.15, -0.1) is 0 Å². The summed E-state index contributed by atoms with van der Waals surface area (Å²) in [7, 11) is 0. The second kappa shape index (κ2) is 10.3. The van der Waals surface area contributed by atoms with Crippen LogP contribution in [0.15, 0.2) is 40.3 Å². The monoisotopic (exact) mass is 455 g/mol. The molecule has 2 aromatic rings. The number of aliphatic hydroxyl groups is 1. The lowest BCUT2D eigenvalue weighted by Gasteiger charge is -2.23. The van der Waals surface area contributed by atoms with Gasteiger partial charge in [-0.1, -0.05) is 13.8 Å². The number of ether oxygens (including phenoxy) is 2. The van der Waals surface area contributed by atoms with Crippen LogP contribution in [0.4, 0.5) is 0 Å². The van der Waals surface area contributed by atoms with E-state index in [9.17, 15) is 14.7 Å². The van der Waals surface area contributed by atoms with Crippen molar-refractivity contribution in [1.82, 2.24) is 4.90 Å². The lowest BCUT2D eigenvalue weighted by atomic mass is 9.98. The maximum atomic E-state index is 13.0. The molecule has 1 unspecified atom stereocenters. The van der Waals surface area contributed by atoms with Crippen LogP contribution in [0.3, 0.4) is 0 Å². The zero-order valence-corrected chi connectivity index (χ0v) is 20.2. The third-order valence-corrected chi connectivity index (χ3v) is 5.37. The molecular formula is C26H33NO6. The van der Waals surface area contributed by atoms with E-state index in [0.29, 0.717) is 35.4 Å². The second-order valence-electron chi connectivity index (χ2n) is 9.05. The highest BCUT2D eigenvalue weighted by atomic mass is 16.5. The van der Waals surface area contributed by atoms with Crippen molar-refractivity contribution in [3.05, 3.63) is 58.6 Å². The maximum absolute atomic E-state index is 13.0. The van der Waals surface area contributed by atoms with Gasteiger partial charge in [-0.3, -0.25) is 9.59 Å². The highest BCUT2D eigenvalue weighted by Crippen LogP contribution is 2.40. The van der Waals surface area contributed by atoms with Gasteiger partial charge < -0.3 is 23.9 Å². The lowest BCUT2D eigenvalue weighted by molar-refractivity contribution is -0.140. The van der Waals surface area contributed by atoms with Gasteiger partial charge in [0.1, 0.15) is 29.1 Å². The van der Waals surface area contributed by atoms with Gasteiger partial charge in [0.25, 0.3) is 11.7 Å². The van der Waals surface area contributed by atoms with E-state index >= 15 is 0 Å². The van der Waals surface area contributed by atoms with Gasteiger partial charge in [0.05, 0.1) is 24.9 Å². The molecule has 0 radical (unpaired) electrons. The van der Waals surface area contributed by atoms with Crippen LogP contribution in [0.5, 0.6) is 5.75 Å². The van der Waals surface area contributed by atoms with E-state index in [0.717, 1.165) is 5.56 Å². The number of carbonyl (C=O) groups excluding carboxylic acids is 2. The number of furan rings is 1. The number of amides is 1. The highest BCUT2D eigenvalue weighted by molar-refractivity contribution is 6.46. The molecule has 0 spiro atoms. The molecule has 1 aliphatic heterocycles. The van der Waals surface area contributed by atoms with Crippen molar-refractivity contribution in [2.45, 2.75) is 53.7 Å². The fourth-order valence-electron chi connectivity index (χ4n) is 3.76. The molecule has 0 saturated carbocycles. The molecule has 3 rings (SSSR count). The molecule has 1 aromatic carbocycles. The summed E-state index contributed by atoms with van der Waals surface area (Å²) in [5.74, 6) is 0.501. The van der Waals surface area contributed by atoms with Gasteiger partial charge in [0.2, 0.25) is 0 Å². The zero-order valence-electron chi connectivity index (χ0n) is 20.2. The topological polar surface area (TPSA) is 89.2 Å². The molecule has 1 amide bonds. The Morgan fingerprint density at radius 1 is 1.12 bits per heavy atom.